The first-order chi connectivity index (χ1) is 11.9. The molecule has 2 fully saturated rings. The summed E-state index contributed by atoms with van der Waals surface area (Å²) in [6.45, 7) is 5.62. The largest absolute Gasteiger partial charge is 0.493 e. The molecule has 1 unspecified atom stereocenters. The highest BCUT2D eigenvalue weighted by atomic mass is 35.5. The van der Waals surface area contributed by atoms with Crippen LogP contribution in [0.2, 0.25) is 0 Å². The van der Waals surface area contributed by atoms with Crippen molar-refractivity contribution in [1.29, 1.82) is 0 Å². The standard InChI is InChI=1S/C20H30N2O3.ClH/c1-20(2)13-22(11-10-18(20)21)19(23)14-8-9-16(17(12-14)24-3)25-15-6-4-5-7-15;/h8-9,12,15,18H,4-7,10-11,13,21H2,1-3H3;1H. The molecule has 1 amide bonds. The highest BCUT2D eigenvalue weighted by molar-refractivity contribution is 5.95. The van der Waals surface area contributed by atoms with Crippen molar-refractivity contribution < 1.29 is 14.3 Å². The lowest BCUT2D eigenvalue weighted by molar-refractivity contribution is 0.0532. The van der Waals surface area contributed by atoms with Crippen LogP contribution in [-0.4, -0.2) is 43.2 Å². The molecule has 3 rings (SSSR count). The van der Waals surface area contributed by atoms with Gasteiger partial charge >= 0.3 is 0 Å². The number of nitrogens with zero attached hydrogens (tertiary/aromatic N) is 1. The van der Waals surface area contributed by atoms with E-state index in [0.717, 1.165) is 25.0 Å². The number of halogens is 1. The average Bonchev–Trinajstić information content (AvgIpc) is 3.10. The van der Waals surface area contributed by atoms with Gasteiger partial charge in [0.15, 0.2) is 11.5 Å². The van der Waals surface area contributed by atoms with Gasteiger partial charge in [0, 0.05) is 24.7 Å². The molecule has 6 heteroatoms. The molecule has 1 saturated heterocycles. The molecular weight excluding hydrogens is 352 g/mol. The highest BCUT2D eigenvalue weighted by Crippen LogP contribution is 2.34. The van der Waals surface area contributed by atoms with Gasteiger partial charge in [-0.1, -0.05) is 13.8 Å². The van der Waals surface area contributed by atoms with Crippen LogP contribution in [-0.2, 0) is 0 Å². The summed E-state index contributed by atoms with van der Waals surface area (Å²) in [5.41, 5.74) is 6.76. The van der Waals surface area contributed by atoms with Gasteiger partial charge in [0.25, 0.3) is 5.91 Å². The minimum atomic E-state index is -0.0660. The van der Waals surface area contributed by atoms with Gasteiger partial charge < -0.3 is 20.1 Å². The van der Waals surface area contributed by atoms with Crippen LogP contribution in [0.15, 0.2) is 18.2 Å². The van der Waals surface area contributed by atoms with Gasteiger partial charge in [0.1, 0.15) is 0 Å². The number of methoxy groups -OCH3 is 1. The molecule has 0 bridgehead atoms. The van der Waals surface area contributed by atoms with Gasteiger partial charge in [-0.05, 0) is 55.7 Å². The van der Waals surface area contributed by atoms with E-state index < -0.39 is 0 Å². The van der Waals surface area contributed by atoms with Crippen LogP contribution in [0.25, 0.3) is 0 Å². The monoisotopic (exact) mass is 382 g/mol. The third-order valence-corrected chi connectivity index (χ3v) is 5.61. The van der Waals surface area contributed by atoms with Crippen molar-refractivity contribution in [2.75, 3.05) is 20.2 Å². The van der Waals surface area contributed by atoms with Crippen molar-refractivity contribution >= 4 is 18.3 Å². The van der Waals surface area contributed by atoms with Crippen LogP contribution >= 0.6 is 12.4 Å². The number of piperidine rings is 1. The molecule has 1 aliphatic heterocycles. The van der Waals surface area contributed by atoms with Crippen molar-refractivity contribution in [3.05, 3.63) is 23.8 Å². The smallest absolute Gasteiger partial charge is 0.254 e. The van der Waals surface area contributed by atoms with Crippen LogP contribution in [0.3, 0.4) is 0 Å². The SMILES string of the molecule is COc1cc(C(=O)N2CCC(N)C(C)(C)C2)ccc1OC1CCCC1.Cl. The fourth-order valence-electron chi connectivity index (χ4n) is 3.81. The van der Waals surface area contributed by atoms with E-state index in [9.17, 15) is 4.79 Å². The molecule has 26 heavy (non-hydrogen) atoms. The highest BCUT2D eigenvalue weighted by Gasteiger charge is 2.35. The van der Waals surface area contributed by atoms with Crippen LogP contribution in [0.1, 0.15) is 56.3 Å². The minimum absolute atomic E-state index is 0. The van der Waals surface area contributed by atoms with Gasteiger partial charge in [-0.2, -0.15) is 0 Å². The molecule has 1 aromatic carbocycles. The number of ether oxygens (including phenoxy) is 2. The van der Waals surface area contributed by atoms with E-state index in [1.165, 1.54) is 12.8 Å². The molecule has 1 heterocycles. The summed E-state index contributed by atoms with van der Waals surface area (Å²) in [5, 5.41) is 0. The Morgan fingerprint density at radius 2 is 1.88 bits per heavy atom. The quantitative estimate of drug-likeness (QED) is 0.863. The van der Waals surface area contributed by atoms with E-state index in [4.69, 9.17) is 15.2 Å². The number of nitrogens with two attached hydrogens (primary N) is 1. The third kappa shape index (κ3) is 4.44. The Morgan fingerprint density at radius 1 is 1.19 bits per heavy atom. The maximum absolute atomic E-state index is 12.9. The van der Waals surface area contributed by atoms with Crippen molar-refractivity contribution in [3.63, 3.8) is 0 Å². The molecule has 1 aliphatic carbocycles. The van der Waals surface area contributed by atoms with E-state index in [-0.39, 0.29) is 35.9 Å². The van der Waals surface area contributed by atoms with Crippen LogP contribution < -0.4 is 15.2 Å². The number of carbonyl (C=O) groups is 1. The molecule has 1 atom stereocenters. The number of likely N-dealkylation sites (tertiary alicyclic amines) is 1. The zero-order valence-electron chi connectivity index (χ0n) is 16.0. The Labute approximate surface area is 162 Å². The fourth-order valence-corrected chi connectivity index (χ4v) is 3.81. The summed E-state index contributed by atoms with van der Waals surface area (Å²) in [6, 6.07) is 5.64. The number of hydrogen-bond donors (Lipinski definition) is 1. The number of hydrogen-bond acceptors (Lipinski definition) is 4. The first-order valence-electron chi connectivity index (χ1n) is 9.30. The Bertz CT molecular complexity index is 629. The van der Waals surface area contributed by atoms with Gasteiger partial charge in [-0.25, -0.2) is 0 Å². The molecule has 5 nitrogen and oxygen atoms in total. The van der Waals surface area contributed by atoms with Gasteiger partial charge in [-0.15, -0.1) is 12.4 Å². The van der Waals surface area contributed by atoms with Crippen molar-refractivity contribution in [1.82, 2.24) is 4.90 Å². The molecular formula is C20H31ClN2O3. The van der Waals surface area contributed by atoms with Gasteiger partial charge in [-0.3, -0.25) is 4.79 Å². The molecule has 2 aliphatic rings. The Hall–Kier alpha value is -1.46. The molecule has 1 saturated carbocycles. The summed E-state index contributed by atoms with van der Waals surface area (Å²) in [7, 11) is 1.62. The Morgan fingerprint density at radius 3 is 2.50 bits per heavy atom. The Balaban J connectivity index is 0.00000243. The van der Waals surface area contributed by atoms with E-state index in [0.29, 0.717) is 24.4 Å². The van der Waals surface area contributed by atoms with E-state index in [2.05, 4.69) is 13.8 Å². The lowest BCUT2D eigenvalue weighted by Crippen LogP contribution is -2.54. The summed E-state index contributed by atoms with van der Waals surface area (Å²) < 4.78 is 11.5. The normalized spacial score (nSPS) is 22.6. The van der Waals surface area contributed by atoms with Crippen molar-refractivity contribution in [2.24, 2.45) is 11.1 Å². The van der Waals surface area contributed by atoms with Crippen molar-refractivity contribution in [3.8, 4) is 11.5 Å². The lowest BCUT2D eigenvalue weighted by Gasteiger charge is -2.42. The van der Waals surface area contributed by atoms with Gasteiger partial charge in [0.2, 0.25) is 0 Å². The van der Waals surface area contributed by atoms with E-state index in [1.807, 2.05) is 17.0 Å². The molecule has 0 radical (unpaired) electrons. The number of amides is 1. The second-order valence-corrected chi connectivity index (χ2v) is 8.00. The predicted molar refractivity (Wildman–Crippen MR) is 105 cm³/mol. The van der Waals surface area contributed by atoms with Crippen LogP contribution in [0, 0.1) is 5.41 Å². The first kappa shape index (κ1) is 20.8. The summed E-state index contributed by atoms with van der Waals surface area (Å²) in [6.07, 6.45) is 5.71. The summed E-state index contributed by atoms with van der Waals surface area (Å²) in [4.78, 5) is 14.8. The molecule has 0 aromatic heterocycles. The van der Waals surface area contributed by atoms with Gasteiger partial charge in [0.05, 0.1) is 13.2 Å². The number of benzene rings is 1. The average molecular weight is 383 g/mol. The number of rotatable bonds is 4. The minimum Gasteiger partial charge on any atom is -0.493 e. The zero-order valence-corrected chi connectivity index (χ0v) is 16.8. The summed E-state index contributed by atoms with van der Waals surface area (Å²) >= 11 is 0. The van der Waals surface area contributed by atoms with Crippen LogP contribution in [0.5, 0.6) is 11.5 Å². The zero-order chi connectivity index (χ0) is 18.0. The van der Waals surface area contributed by atoms with E-state index in [1.54, 1.807) is 13.2 Å². The first-order valence-corrected chi connectivity index (χ1v) is 9.30. The second kappa shape index (κ2) is 8.49. The summed E-state index contributed by atoms with van der Waals surface area (Å²) in [5.74, 6) is 1.39. The maximum Gasteiger partial charge on any atom is 0.254 e. The maximum atomic E-state index is 12.9. The topological polar surface area (TPSA) is 64.8 Å². The lowest BCUT2D eigenvalue weighted by atomic mass is 9.79. The molecule has 2 N–H and O–H groups in total. The predicted octanol–water partition coefficient (Wildman–Crippen LogP) is 3.64. The Kier molecular flexibility index (Phi) is 6.80. The van der Waals surface area contributed by atoms with E-state index >= 15 is 0 Å². The fraction of sp³-hybridized carbons (Fsp3) is 0.650. The molecule has 146 valence electrons. The molecule has 1 aromatic rings. The number of carbonyl (C=O) groups excluding carboxylic acids is 1. The van der Waals surface area contributed by atoms with Crippen molar-refractivity contribution in [2.45, 2.75) is 58.1 Å². The third-order valence-electron chi connectivity index (χ3n) is 5.61. The van der Waals surface area contributed by atoms with Crippen LogP contribution in [0.4, 0.5) is 0 Å². The molecule has 0 spiro atoms. The second-order valence-electron chi connectivity index (χ2n) is 8.00.